The zero-order valence-corrected chi connectivity index (χ0v) is 8.72. The van der Waals surface area contributed by atoms with Gasteiger partial charge in [0.1, 0.15) is 0 Å². The highest BCUT2D eigenvalue weighted by Gasteiger charge is 2.16. The Morgan fingerprint density at radius 2 is 2.00 bits per heavy atom. The molecule has 1 aromatic carbocycles. The summed E-state index contributed by atoms with van der Waals surface area (Å²) < 4.78 is 31.1. The zero-order chi connectivity index (χ0) is 12.4. The minimum atomic E-state index is -0.822. The fraction of sp³-hybridized carbons (Fsp3) is 0.100. The minimum Gasteiger partial charge on any atom is -0.464 e. The molecule has 0 amide bonds. The maximum absolute atomic E-state index is 13.4. The number of methoxy groups -OCH3 is 1. The van der Waals surface area contributed by atoms with Crippen molar-refractivity contribution in [3.63, 3.8) is 0 Å². The van der Waals surface area contributed by atoms with E-state index in [0.29, 0.717) is 4.80 Å². The Hall–Kier alpha value is -2.31. The highest BCUT2D eigenvalue weighted by atomic mass is 19.1. The first kappa shape index (κ1) is 11.2. The molecule has 2 aromatic rings. The van der Waals surface area contributed by atoms with Gasteiger partial charge in [-0.3, -0.25) is 0 Å². The van der Waals surface area contributed by atoms with Crippen molar-refractivity contribution in [1.29, 1.82) is 0 Å². The van der Waals surface area contributed by atoms with Crippen LogP contribution in [-0.4, -0.2) is 28.1 Å². The van der Waals surface area contributed by atoms with Crippen LogP contribution in [-0.2, 0) is 4.74 Å². The van der Waals surface area contributed by atoms with Gasteiger partial charge in [-0.2, -0.15) is 5.10 Å². The van der Waals surface area contributed by atoms with E-state index in [4.69, 9.17) is 0 Å². The first-order valence-corrected chi connectivity index (χ1v) is 4.58. The van der Waals surface area contributed by atoms with Crippen molar-refractivity contribution in [2.45, 2.75) is 0 Å². The third kappa shape index (κ3) is 1.99. The lowest BCUT2D eigenvalue weighted by atomic mass is 10.3. The van der Waals surface area contributed by atoms with E-state index in [1.807, 2.05) is 0 Å². The van der Waals surface area contributed by atoms with Crippen LogP contribution in [0.4, 0.5) is 8.78 Å². The van der Waals surface area contributed by atoms with Crippen LogP contribution in [0.1, 0.15) is 10.5 Å². The van der Waals surface area contributed by atoms with Gasteiger partial charge in [0.05, 0.1) is 13.3 Å². The smallest absolute Gasteiger partial charge is 0.360 e. The molecule has 5 nitrogen and oxygen atoms in total. The maximum Gasteiger partial charge on any atom is 0.360 e. The van der Waals surface area contributed by atoms with Crippen LogP contribution < -0.4 is 0 Å². The number of hydrogen-bond acceptors (Lipinski definition) is 4. The number of carbonyl (C=O) groups is 1. The van der Waals surface area contributed by atoms with Gasteiger partial charge >= 0.3 is 5.97 Å². The summed E-state index contributed by atoms with van der Waals surface area (Å²) in [4.78, 5) is 11.8. The van der Waals surface area contributed by atoms with E-state index >= 15 is 0 Å². The van der Waals surface area contributed by atoms with Gasteiger partial charge in [0.25, 0.3) is 0 Å². The van der Waals surface area contributed by atoms with Gasteiger partial charge in [-0.15, -0.1) is 9.90 Å². The molecule has 0 atom stereocenters. The van der Waals surface area contributed by atoms with Crippen molar-refractivity contribution in [2.24, 2.45) is 0 Å². The van der Waals surface area contributed by atoms with Gasteiger partial charge in [0.15, 0.2) is 23.0 Å². The molecule has 17 heavy (non-hydrogen) atoms. The van der Waals surface area contributed by atoms with Crippen molar-refractivity contribution >= 4 is 5.97 Å². The summed E-state index contributed by atoms with van der Waals surface area (Å²) in [6.45, 7) is 0. The van der Waals surface area contributed by atoms with E-state index in [1.54, 1.807) is 0 Å². The molecule has 88 valence electrons. The Labute approximate surface area is 94.6 Å². The highest BCUT2D eigenvalue weighted by molar-refractivity contribution is 5.86. The van der Waals surface area contributed by atoms with Gasteiger partial charge in [-0.05, 0) is 12.1 Å². The molecular weight excluding hydrogens is 232 g/mol. The molecule has 0 N–H and O–H groups in total. The van der Waals surface area contributed by atoms with Crippen LogP contribution in [0.25, 0.3) is 5.69 Å². The fourth-order valence-electron chi connectivity index (χ4n) is 1.25. The zero-order valence-electron chi connectivity index (χ0n) is 8.72. The number of esters is 1. The van der Waals surface area contributed by atoms with Crippen LogP contribution in [0.15, 0.2) is 24.4 Å². The average Bonchev–Trinajstić information content (AvgIpc) is 2.77. The van der Waals surface area contributed by atoms with Crippen molar-refractivity contribution in [1.82, 2.24) is 15.0 Å². The molecule has 2 rings (SSSR count). The van der Waals surface area contributed by atoms with Crippen LogP contribution in [0, 0.1) is 11.6 Å². The molecule has 0 unspecified atom stereocenters. The van der Waals surface area contributed by atoms with E-state index in [0.717, 1.165) is 18.3 Å². The molecule has 0 aliphatic rings. The predicted octanol–water partition coefficient (Wildman–Crippen LogP) is 1.33. The van der Waals surface area contributed by atoms with E-state index < -0.39 is 23.3 Å². The lowest BCUT2D eigenvalue weighted by Gasteiger charge is -2.02. The fourth-order valence-corrected chi connectivity index (χ4v) is 1.25. The molecule has 0 aliphatic heterocycles. The van der Waals surface area contributed by atoms with Gasteiger partial charge < -0.3 is 4.74 Å². The van der Waals surface area contributed by atoms with Crippen molar-refractivity contribution < 1.29 is 18.3 Å². The van der Waals surface area contributed by atoms with Gasteiger partial charge in [0.2, 0.25) is 0 Å². The molecule has 1 aromatic heterocycles. The summed E-state index contributed by atoms with van der Waals surface area (Å²) in [5.41, 5.74) is -0.571. The van der Waals surface area contributed by atoms with Gasteiger partial charge in [0, 0.05) is 0 Å². The second-order valence-corrected chi connectivity index (χ2v) is 3.08. The summed E-state index contributed by atoms with van der Waals surface area (Å²) in [6, 6.07) is 3.36. The normalized spacial score (nSPS) is 10.3. The van der Waals surface area contributed by atoms with Crippen LogP contribution in [0.5, 0.6) is 0 Å². The van der Waals surface area contributed by atoms with Gasteiger partial charge in [-0.1, -0.05) is 6.07 Å². The molecule has 0 spiro atoms. The molecule has 7 heteroatoms. The summed E-state index contributed by atoms with van der Waals surface area (Å²) in [5.74, 6) is -2.37. The highest BCUT2D eigenvalue weighted by Crippen LogP contribution is 2.15. The summed E-state index contributed by atoms with van der Waals surface area (Å²) in [5, 5.41) is 7.23. The van der Waals surface area contributed by atoms with E-state index in [2.05, 4.69) is 14.9 Å². The summed E-state index contributed by atoms with van der Waals surface area (Å²) in [7, 11) is 1.17. The first-order valence-electron chi connectivity index (χ1n) is 4.58. The maximum atomic E-state index is 13.4. The summed E-state index contributed by atoms with van der Waals surface area (Å²) in [6.07, 6.45) is 1.07. The number of rotatable bonds is 2. The largest absolute Gasteiger partial charge is 0.464 e. The van der Waals surface area contributed by atoms with Crippen molar-refractivity contribution in [3.05, 3.63) is 41.7 Å². The van der Waals surface area contributed by atoms with Crippen molar-refractivity contribution in [3.8, 4) is 5.69 Å². The number of hydrogen-bond donors (Lipinski definition) is 0. The Balaban J connectivity index is 2.47. The molecule has 0 saturated heterocycles. The Kier molecular flexibility index (Phi) is 2.82. The molecule has 1 heterocycles. The molecule has 0 aliphatic carbocycles. The predicted molar refractivity (Wildman–Crippen MR) is 52.6 cm³/mol. The Morgan fingerprint density at radius 3 is 2.59 bits per heavy atom. The second-order valence-electron chi connectivity index (χ2n) is 3.08. The second kappa shape index (κ2) is 4.28. The molecular formula is C10H7F2N3O2. The average molecular weight is 239 g/mol. The Bertz CT molecular complexity index is 548. The van der Waals surface area contributed by atoms with Crippen LogP contribution >= 0.6 is 0 Å². The van der Waals surface area contributed by atoms with E-state index in [1.165, 1.54) is 13.2 Å². The lowest BCUT2D eigenvalue weighted by Crippen LogP contribution is -2.07. The number of benzene rings is 1. The monoisotopic (exact) mass is 239 g/mol. The lowest BCUT2D eigenvalue weighted by molar-refractivity contribution is 0.0593. The Morgan fingerprint density at radius 1 is 1.35 bits per heavy atom. The standard InChI is InChI=1S/C10H7F2N3O2/c1-17-10(16)8-5-13-15(14-8)9-6(11)3-2-4-7(9)12/h2-5H,1H3. The number of aromatic nitrogens is 3. The van der Waals surface area contributed by atoms with Crippen LogP contribution in [0.3, 0.4) is 0 Å². The number of nitrogens with zero attached hydrogens (tertiary/aromatic N) is 3. The number of ether oxygens (including phenoxy) is 1. The van der Waals surface area contributed by atoms with Crippen LogP contribution in [0.2, 0.25) is 0 Å². The molecule has 0 bridgehead atoms. The van der Waals surface area contributed by atoms with E-state index in [9.17, 15) is 13.6 Å². The third-order valence-electron chi connectivity index (χ3n) is 2.02. The molecule has 0 fully saturated rings. The minimum absolute atomic E-state index is 0.129. The van der Waals surface area contributed by atoms with E-state index in [-0.39, 0.29) is 5.69 Å². The topological polar surface area (TPSA) is 57.0 Å². The number of halogens is 2. The molecule has 0 saturated carbocycles. The first-order chi connectivity index (χ1) is 8.13. The van der Waals surface area contributed by atoms with Crippen molar-refractivity contribution in [2.75, 3.05) is 7.11 Å². The number of carbonyl (C=O) groups excluding carboxylic acids is 1. The quantitative estimate of drug-likeness (QED) is 0.742. The SMILES string of the molecule is COC(=O)c1cnn(-c2c(F)cccc2F)n1. The molecule has 0 radical (unpaired) electrons. The number of para-hydroxylation sites is 1. The third-order valence-corrected chi connectivity index (χ3v) is 2.02. The summed E-state index contributed by atoms with van der Waals surface area (Å²) >= 11 is 0. The van der Waals surface area contributed by atoms with Gasteiger partial charge in [-0.25, -0.2) is 13.6 Å².